The van der Waals surface area contributed by atoms with Gasteiger partial charge in [0.25, 0.3) is 0 Å². The molecule has 1 aliphatic rings. The van der Waals surface area contributed by atoms with E-state index in [1.54, 1.807) is 45.4 Å². The fourth-order valence-electron chi connectivity index (χ4n) is 4.80. The van der Waals surface area contributed by atoms with Gasteiger partial charge in [0.2, 0.25) is 0 Å². The highest BCUT2D eigenvalue weighted by atomic mass is 19.1. The number of hydrogen-bond donors (Lipinski definition) is 2. The van der Waals surface area contributed by atoms with Crippen LogP contribution in [-0.4, -0.2) is 59.0 Å². The molecule has 2 N–H and O–H groups in total. The van der Waals surface area contributed by atoms with Crippen molar-refractivity contribution in [2.75, 3.05) is 33.9 Å². The molecule has 1 aliphatic heterocycles. The molecule has 0 aliphatic carbocycles. The van der Waals surface area contributed by atoms with Crippen LogP contribution in [0.3, 0.4) is 0 Å². The van der Waals surface area contributed by atoms with Crippen LogP contribution in [0.4, 0.5) is 4.39 Å². The van der Waals surface area contributed by atoms with Crippen molar-refractivity contribution in [2.24, 2.45) is 5.92 Å². The van der Waals surface area contributed by atoms with Gasteiger partial charge in [0.05, 0.1) is 31.0 Å². The van der Waals surface area contributed by atoms with Crippen LogP contribution in [0.1, 0.15) is 24.0 Å². The zero-order valence-electron chi connectivity index (χ0n) is 19.9. The van der Waals surface area contributed by atoms with Crippen molar-refractivity contribution in [1.82, 2.24) is 20.1 Å². The Kier molecular flexibility index (Phi) is 5.77. The summed E-state index contributed by atoms with van der Waals surface area (Å²) in [6.07, 6.45) is 3.73. The largest absolute Gasteiger partial charge is 0.508 e. The summed E-state index contributed by atoms with van der Waals surface area (Å²) in [5.41, 5.74) is 2.74. The SMILES string of the molecule is COc1c(OCC2CCN(C)CC2)c(C)c(F)c2c(-c3ccc(O)c(C)c3)nc3[nH]ncc3c12. The average Bonchev–Trinajstić information content (AvgIpc) is 3.31. The number of phenols is 1. The van der Waals surface area contributed by atoms with Crippen LogP contribution in [-0.2, 0) is 0 Å². The van der Waals surface area contributed by atoms with E-state index in [4.69, 9.17) is 14.5 Å². The first-order valence-corrected chi connectivity index (χ1v) is 11.5. The number of H-pyrrole nitrogens is 1. The predicted molar refractivity (Wildman–Crippen MR) is 130 cm³/mol. The molecule has 0 saturated carbocycles. The molecular weight excluding hydrogens is 435 g/mol. The molecule has 0 radical (unpaired) electrons. The molecule has 34 heavy (non-hydrogen) atoms. The number of methoxy groups -OCH3 is 1. The average molecular weight is 465 g/mol. The smallest absolute Gasteiger partial charge is 0.169 e. The standard InChI is InChI=1S/C26H29FN4O3/c1-14-11-17(5-6-19(14)32)23-21-20(18-12-28-30-26(18)29-23)25(33-4)24(15(2)22(21)27)34-13-16-7-9-31(3)10-8-16/h5-6,11-12,16,32H,7-10,13H2,1-4H3,(H,28,29,30). The highest BCUT2D eigenvalue weighted by molar-refractivity contribution is 6.14. The van der Waals surface area contributed by atoms with Crippen LogP contribution in [0.25, 0.3) is 33.1 Å². The van der Waals surface area contributed by atoms with E-state index in [-0.39, 0.29) is 5.75 Å². The predicted octanol–water partition coefficient (Wildman–Crippen LogP) is 4.97. The Labute approximate surface area is 197 Å². The van der Waals surface area contributed by atoms with Crippen LogP contribution in [0.15, 0.2) is 24.4 Å². The molecule has 0 atom stereocenters. The van der Waals surface area contributed by atoms with Gasteiger partial charge in [-0.2, -0.15) is 5.10 Å². The number of aryl methyl sites for hydroxylation is 1. The third-order valence-corrected chi connectivity index (χ3v) is 6.90. The second kappa shape index (κ2) is 8.76. The molecule has 0 bridgehead atoms. The van der Waals surface area contributed by atoms with Gasteiger partial charge in [-0.1, -0.05) is 0 Å². The van der Waals surface area contributed by atoms with Gasteiger partial charge in [-0.3, -0.25) is 5.10 Å². The lowest BCUT2D eigenvalue weighted by molar-refractivity contribution is 0.157. The summed E-state index contributed by atoms with van der Waals surface area (Å²) >= 11 is 0. The molecule has 178 valence electrons. The van der Waals surface area contributed by atoms with Crippen LogP contribution >= 0.6 is 0 Å². The Balaban J connectivity index is 1.70. The number of benzene rings is 2. The Bertz CT molecular complexity index is 1380. The van der Waals surface area contributed by atoms with Gasteiger partial charge >= 0.3 is 0 Å². The maximum atomic E-state index is 16.1. The van der Waals surface area contributed by atoms with Crippen molar-refractivity contribution in [2.45, 2.75) is 26.7 Å². The minimum absolute atomic E-state index is 0.175. The van der Waals surface area contributed by atoms with Gasteiger partial charge in [0, 0.05) is 21.9 Å². The van der Waals surface area contributed by atoms with E-state index < -0.39 is 5.82 Å². The second-order valence-electron chi connectivity index (χ2n) is 9.20. The van der Waals surface area contributed by atoms with Crippen LogP contribution in [0.2, 0.25) is 0 Å². The maximum Gasteiger partial charge on any atom is 0.169 e. The molecule has 0 amide bonds. The van der Waals surface area contributed by atoms with Crippen molar-refractivity contribution in [1.29, 1.82) is 0 Å². The molecule has 0 spiro atoms. The molecule has 8 heteroatoms. The summed E-state index contributed by atoms with van der Waals surface area (Å²) in [5, 5.41) is 18.6. The van der Waals surface area contributed by atoms with Gasteiger partial charge in [0.15, 0.2) is 17.1 Å². The number of aromatic hydroxyl groups is 1. The van der Waals surface area contributed by atoms with Gasteiger partial charge in [0.1, 0.15) is 11.6 Å². The first-order valence-electron chi connectivity index (χ1n) is 11.5. The fourth-order valence-corrected chi connectivity index (χ4v) is 4.80. The molecule has 4 aromatic rings. The number of likely N-dealkylation sites (tertiary alicyclic amines) is 1. The van der Waals surface area contributed by atoms with Crippen molar-refractivity contribution >= 4 is 21.8 Å². The summed E-state index contributed by atoms with van der Waals surface area (Å²) in [7, 11) is 3.70. The van der Waals surface area contributed by atoms with Crippen molar-refractivity contribution < 1.29 is 19.0 Å². The number of rotatable bonds is 5. The molecule has 1 fully saturated rings. The molecular formula is C26H29FN4O3. The Morgan fingerprint density at radius 1 is 1.18 bits per heavy atom. The summed E-state index contributed by atoms with van der Waals surface area (Å²) in [5.74, 6) is 1.10. The Morgan fingerprint density at radius 3 is 2.65 bits per heavy atom. The lowest BCUT2D eigenvalue weighted by atomic mass is 9.96. The number of nitrogens with one attached hydrogen (secondary N) is 1. The van der Waals surface area contributed by atoms with Crippen molar-refractivity contribution in [3.8, 4) is 28.5 Å². The van der Waals surface area contributed by atoms with Gasteiger partial charge in [-0.05, 0) is 76.5 Å². The topological polar surface area (TPSA) is 83.5 Å². The number of aromatic amines is 1. The number of piperidine rings is 1. The molecule has 5 rings (SSSR count). The number of hydrogen-bond acceptors (Lipinski definition) is 6. The summed E-state index contributed by atoms with van der Waals surface area (Å²) in [6.45, 7) is 6.10. The van der Waals surface area contributed by atoms with E-state index in [0.717, 1.165) is 25.9 Å². The van der Waals surface area contributed by atoms with Crippen LogP contribution in [0, 0.1) is 25.6 Å². The number of fused-ring (bicyclic) bond motifs is 3. The number of halogens is 1. The summed E-state index contributed by atoms with van der Waals surface area (Å²) in [6, 6.07) is 5.12. The number of ether oxygens (including phenoxy) is 2. The maximum absolute atomic E-state index is 16.1. The molecule has 2 aromatic heterocycles. The molecule has 3 heterocycles. The molecule has 0 unspecified atom stereocenters. The highest BCUT2D eigenvalue weighted by Crippen LogP contribution is 2.46. The van der Waals surface area contributed by atoms with E-state index in [1.165, 1.54) is 0 Å². The quantitative estimate of drug-likeness (QED) is 0.434. The zero-order chi connectivity index (χ0) is 24.0. The van der Waals surface area contributed by atoms with Crippen molar-refractivity contribution in [3.05, 3.63) is 41.3 Å². The zero-order valence-corrected chi connectivity index (χ0v) is 19.9. The van der Waals surface area contributed by atoms with E-state index in [9.17, 15) is 5.11 Å². The highest BCUT2D eigenvalue weighted by Gasteiger charge is 2.27. The van der Waals surface area contributed by atoms with Crippen LogP contribution < -0.4 is 9.47 Å². The summed E-state index contributed by atoms with van der Waals surface area (Å²) in [4.78, 5) is 7.01. The monoisotopic (exact) mass is 464 g/mol. The molecule has 2 aromatic carbocycles. The third-order valence-electron chi connectivity index (χ3n) is 6.90. The lowest BCUT2D eigenvalue weighted by Gasteiger charge is -2.29. The minimum Gasteiger partial charge on any atom is -0.508 e. The second-order valence-corrected chi connectivity index (χ2v) is 9.20. The molecule has 7 nitrogen and oxygen atoms in total. The van der Waals surface area contributed by atoms with E-state index in [0.29, 0.717) is 68.2 Å². The van der Waals surface area contributed by atoms with Crippen LogP contribution in [0.5, 0.6) is 17.2 Å². The number of nitrogens with zero attached hydrogens (tertiary/aromatic N) is 3. The van der Waals surface area contributed by atoms with Crippen molar-refractivity contribution in [3.63, 3.8) is 0 Å². The van der Waals surface area contributed by atoms with Gasteiger partial charge < -0.3 is 19.5 Å². The first-order chi connectivity index (χ1) is 16.4. The number of phenolic OH excluding ortho intramolecular Hbond substituents is 1. The molecule has 1 saturated heterocycles. The Hall–Kier alpha value is -3.39. The van der Waals surface area contributed by atoms with E-state index >= 15 is 4.39 Å². The summed E-state index contributed by atoms with van der Waals surface area (Å²) < 4.78 is 28.2. The minimum atomic E-state index is -0.398. The third kappa shape index (κ3) is 3.72. The number of aromatic nitrogens is 3. The van der Waals surface area contributed by atoms with Gasteiger partial charge in [-0.25, -0.2) is 9.37 Å². The van der Waals surface area contributed by atoms with E-state index in [1.807, 2.05) is 0 Å². The van der Waals surface area contributed by atoms with E-state index in [2.05, 4.69) is 22.1 Å². The fraction of sp³-hybridized carbons (Fsp3) is 0.385. The first kappa shape index (κ1) is 22.4. The number of pyridine rings is 1. The van der Waals surface area contributed by atoms with Gasteiger partial charge in [-0.15, -0.1) is 0 Å². The lowest BCUT2D eigenvalue weighted by Crippen LogP contribution is -2.32. The normalized spacial score (nSPS) is 15.3. The Morgan fingerprint density at radius 2 is 1.94 bits per heavy atom.